The van der Waals surface area contributed by atoms with Crippen LogP contribution in [-0.2, 0) is 16.1 Å². The standard InChI is InChI=1S/C19H22N4O3S2/c1-2-26-11-16(24)23-7-5-22(6-8-23)10-15-20-18(25)17-13(12-28-19(17)21-15)14-4-3-9-27-14/h3-4,9,12H,2,5-8,10-11H2,1H3,(H,20,21,25). The van der Waals surface area contributed by atoms with Crippen molar-refractivity contribution in [2.24, 2.45) is 0 Å². The van der Waals surface area contributed by atoms with E-state index in [1.165, 1.54) is 11.3 Å². The first-order valence-corrected chi connectivity index (χ1v) is 11.0. The summed E-state index contributed by atoms with van der Waals surface area (Å²) in [6.45, 7) is 5.99. The quantitative estimate of drug-likeness (QED) is 0.665. The van der Waals surface area contributed by atoms with Gasteiger partial charge in [-0.2, -0.15) is 0 Å². The molecule has 4 heterocycles. The number of hydrogen-bond donors (Lipinski definition) is 1. The average molecular weight is 419 g/mol. The van der Waals surface area contributed by atoms with E-state index in [0.717, 1.165) is 28.4 Å². The van der Waals surface area contributed by atoms with E-state index in [-0.39, 0.29) is 18.1 Å². The summed E-state index contributed by atoms with van der Waals surface area (Å²) >= 11 is 3.13. The number of aromatic amines is 1. The lowest BCUT2D eigenvalue weighted by molar-refractivity contribution is -0.137. The summed E-state index contributed by atoms with van der Waals surface area (Å²) in [5.41, 5.74) is 0.868. The maximum Gasteiger partial charge on any atom is 0.260 e. The summed E-state index contributed by atoms with van der Waals surface area (Å²) in [6, 6.07) is 4.00. The fourth-order valence-electron chi connectivity index (χ4n) is 3.33. The molecule has 3 aromatic rings. The van der Waals surface area contributed by atoms with Crippen LogP contribution in [0.25, 0.3) is 20.7 Å². The molecular formula is C19H22N4O3S2. The SMILES string of the molecule is CCOCC(=O)N1CCN(Cc2nc3scc(-c4cccs4)c3c(=O)[nH]2)CC1. The number of ether oxygens (including phenoxy) is 1. The van der Waals surface area contributed by atoms with E-state index in [0.29, 0.717) is 37.5 Å². The molecule has 0 saturated carbocycles. The van der Waals surface area contributed by atoms with E-state index in [2.05, 4.69) is 14.9 Å². The lowest BCUT2D eigenvalue weighted by Gasteiger charge is -2.34. The number of amides is 1. The Balaban J connectivity index is 1.44. The minimum atomic E-state index is -0.0878. The van der Waals surface area contributed by atoms with Gasteiger partial charge in [-0.3, -0.25) is 14.5 Å². The zero-order valence-electron chi connectivity index (χ0n) is 15.6. The van der Waals surface area contributed by atoms with E-state index in [9.17, 15) is 9.59 Å². The third kappa shape index (κ3) is 4.02. The highest BCUT2D eigenvalue weighted by Gasteiger charge is 2.22. The molecule has 0 unspecified atom stereocenters. The highest BCUT2D eigenvalue weighted by Crippen LogP contribution is 2.33. The van der Waals surface area contributed by atoms with E-state index in [4.69, 9.17) is 4.74 Å². The summed E-state index contributed by atoms with van der Waals surface area (Å²) in [6.07, 6.45) is 0. The fourth-order valence-corrected chi connectivity index (χ4v) is 5.11. The average Bonchev–Trinajstić information content (AvgIpc) is 3.36. The van der Waals surface area contributed by atoms with Gasteiger partial charge in [-0.05, 0) is 18.4 Å². The van der Waals surface area contributed by atoms with Crippen molar-refractivity contribution in [3.63, 3.8) is 0 Å². The number of rotatable bonds is 6. The van der Waals surface area contributed by atoms with Crippen LogP contribution in [0.15, 0.2) is 27.7 Å². The van der Waals surface area contributed by atoms with Crippen LogP contribution in [0.3, 0.4) is 0 Å². The monoisotopic (exact) mass is 418 g/mol. The highest BCUT2D eigenvalue weighted by atomic mass is 32.1. The number of carbonyl (C=O) groups excluding carboxylic acids is 1. The fraction of sp³-hybridized carbons (Fsp3) is 0.421. The summed E-state index contributed by atoms with van der Waals surface area (Å²) in [4.78, 5) is 38.3. The number of piperazine rings is 1. The van der Waals surface area contributed by atoms with Crippen molar-refractivity contribution in [2.45, 2.75) is 13.5 Å². The van der Waals surface area contributed by atoms with Crippen molar-refractivity contribution < 1.29 is 9.53 Å². The molecule has 9 heteroatoms. The van der Waals surface area contributed by atoms with E-state index in [1.807, 2.05) is 34.7 Å². The molecule has 0 atom stereocenters. The summed E-state index contributed by atoms with van der Waals surface area (Å²) in [5, 5.41) is 4.68. The van der Waals surface area contributed by atoms with Gasteiger partial charge in [0, 0.05) is 48.6 Å². The van der Waals surface area contributed by atoms with Gasteiger partial charge < -0.3 is 14.6 Å². The lowest BCUT2D eigenvalue weighted by Crippen LogP contribution is -2.49. The normalized spacial score (nSPS) is 15.4. The van der Waals surface area contributed by atoms with Gasteiger partial charge in [0.15, 0.2) is 0 Å². The minimum absolute atomic E-state index is 0.0362. The lowest BCUT2D eigenvalue weighted by atomic mass is 10.2. The van der Waals surface area contributed by atoms with Crippen LogP contribution in [0, 0.1) is 0 Å². The molecule has 0 aromatic carbocycles. The second-order valence-electron chi connectivity index (χ2n) is 6.61. The molecule has 1 aliphatic rings. The van der Waals surface area contributed by atoms with Crippen molar-refractivity contribution in [3.8, 4) is 10.4 Å². The van der Waals surface area contributed by atoms with Gasteiger partial charge in [0.2, 0.25) is 5.91 Å². The van der Waals surface area contributed by atoms with Crippen LogP contribution in [0.4, 0.5) is 0 Å². The smallest absolute Gasteiger partial charge is 0.260 e. The third-order valence-corrected chi connectivity index (χ3v) is 6.58. The molecule has 1 aliphatic heterocycles. The Morgan fingerprint density at radius 3 is 2.82 bits per heavy atom. The number of aromatic nitrogens is 2. The number of carbonyl (C=O) groups is 1. The van der Waals surface area contributed by atoms with Gasteiger partial charge in [0.25, 0.3) is 5.56 Å². The zero-order valence-corrected chi connectivity index (χ0v) is 17.3. The Morgan fingerprint density at radius 1 is 1.29 bits per heavy atom. The molecule has 0 spiro atoms. The first kappa shape index (κ1) is 19.3. The third-order valence-electron chi connectivity index (χ3n) is 4.81. The molecule has 4 rings (SSSR count). The predicted molar refractivity (Wildman–Crippen MR) is 112 cm³/mol. The highest BCUT2D eigenvalue weighted by molar-refractivity contribution is 7.18. The van der Waals surface area contributed by atoms with Gasteiger partial charge in [0.1, 0.15) is 17.3 Å². The van der Waals surface area contributed by atoms with Crippen LogP contribution in [0.1, 0.15) is 12.7 Å². The van der Waals surface area contributed by atoms with Crippen molar-refractivity contribution in [2.75, 3.05) is 39.4 Å². The second-order valence-corrected chi connectivity index (χ2v) is 8.42. The van der Waals surface area contributed by atoms with Gasteiger partial charge in [-0.25, -0.2) is 4.98 Å². The van der Waals surface area contributed by atoms with Crippen molar-refractivity contribution in [1.82, 2.24) is 19.8 Å². The van der Waals surface area contributed by atoms with Crippen LogP contribution in [0.2, 0.25) is 0 Å². The number of nitrogens with zero attached hydrogens (tertiary/aromatic N) is 3. The molecule has 28 heavy (non-hydrogen) atoms. The van der Waals surface area contributed by atoms with Crippen LogP contribution in [-0.4, -0.2) is 65.1 Å². The molecule has 7 nitrogen and oxygen atoms in total. The van der Waals surface area contributed by atoms with E-state index in [1.54, 1.807) is 11.3 Å². The van der Waals surface area contributed by atoms with Crippen molar-refractivity contribution in [1.29, 1.82) is 0 Å². The molecule has 1 fully saturated rings. The Hall–Kier alpha value is -2.07. The number of thiophene rings is 2. The largest absolute Gasteiger partial charge is 0.372 e. The first-order chi connectivity index (χ1) is 13.7. The molecule has 0 radical (unpaired) electrons. The molecule has 3 aromatic heterocycles. The Kier molecular flexibility index (Phi) is 5.86. The first-order valence-electron chi connectivity index (χ1n) is 9.28. The number of nitrogens with one attached hydrogen (secondary N) is 1. The maximum absolute atomic E-state index is 12.7. The topological polar surface area (TPSA) is 78.5 Å². The molecule has 1 saturated heterocycles. The zero-order chi connectivity index (χ0) is 19.5. The second kappa shape index (κ2) is 8.52. The minimum Gasteiger partial charge on any atom is -0.372 e. The Labute approximate surface area is 170 Å². The Bertz CT molecular complexity index is 1000. The number of hydrogen-bond acceptors (Lipinski definition) is 7. The predicted octanol–water partition coefficient (Wildman–Crippen LogP) is 2.39. The molecule has 1 amide bonds. The molecule has 148 valence electrons. The summed E-state index contributed by atoms with van der Waals surface area (Å²) in [5.74, 6) is 0.709. The van der Waals surface area contributed by atoms with Crippen LogP contribution >= 0.6 is 22.7 Å². The summed E-state index contributed by atoms with van der Waals surface area (Å²) < 4.78 is 5.20. The summed E-state index contributed by atoms with van der Waals surface area (Å²) in [7, 11) is 0. The Morgan fingerprint density at radius 2 is 2.11 bits per heavy atom. The van der Waals surface area contributed by atoms with Crippen LogP contribution in [0.5, 0.6) is 0 Å². The van der Waals surface area contributed by atoms with E-state index < -0.39 is 0 Å². The number of H-pyrrole nitrogens is 1. The molecule has 0 bridgehead atoms. The number of fused-ring (bicyclic) bond motifs is 1. The van der Waals surface area contributed by atoms with Gasteiger partial charge in [-0.15, -0.1) is 22.7 Å². The maximum atomic E-state index is 12.7. The van der Waals surface area contributed by atoms with Crippen molar-refractivity contribution in [3.05, 3.63) is 39.1 Å². The van der Waals surface area contributed by atoms with Crippen LogP contribution < -0.4 is 5.56 Å². The van der Waals surface area contributed by atoms with Gasteiger partial charge >= 0.3 is 0 Å². The van der Waals surface area contributed by atoms with Crippen molar-refractivity contribution >= 4 is 38.8 Å². The van der Waals surface area contributed by atoms with E-state index >= 15 is 0 Å². The van der Waals surface area contributed by atoms with Gasteiger partial charge in [-0.1, -0.05) is 6.07 Å². The molecular weight excluding hydrogens is 396 g/mol. The molecule has 1 N–H and O–H groups in total. The molecule has 0 aliphatic carbocycles. The van der Waals surface area contributed by atoms with Gasteiger partial charge in [0.05, 0.1) is 11.9 Å².